The first-order chi connectivity index (χ1) is 8.06. The molecule has 0 bridgehead atoms. The second-order valence-corrected chi connectivity index (χ2v) is 6.78. The maximum atomic E-state index is 10.7. The lowest BCUT2D eigenvalue weighted by Crippen LogP contribution is -2.14. The largest absolute Gasteiger partial charge is 0.481 e. The van der Waals surface area contributed by atoms with Gasteiger partial charge in [0.15, 0.2) is 4.34 Å². The van der Waals surface area contributed by atoms with Crippen LogP contribution in [0.2, 0.25) is 0 Å². The number of thiazole rings is 1. The number of aliphatic hydroxyl groups excluding tert-OH is 1. The van der Waals surface area contributed by atoms with Gasteiger partial charge in [0, 0.05) is 10.1 Å². The smallest absolute Gasteiger partial charge is 0.308 e. The molecular weight excluding hydrogens is 258 g/mol. The number of aliphatic hydroxyl groups is 1. The maximum absolute atomic E-state index is 10.7. The van der Waals surface area contributed by atoms with Crippen LogP contribution >= 0.6 is 23.1 Å². The Morgan fingerprint density at radius 3 is 2.94 bits per heavy atom. The third-order valence-corrected chi connectivity index (χ3v) is 5.49. The lowest BCUT2D eigenvalue weighted by Gasteiger charge is -2.10. The molecule has 17 heavy (non-hydrogen) atoms. The van der Waals surface area contributed by atoms with E-state index in [1.54, 1.807) is 11.8 Å². The van der Waals surface area contributed by atoms with Crippen LogP contribution in [0.5, 0.6) is 0 Å². The summed E-state index contributed by atoms with van der Waals surface area (Å²) in [5, 5.41) is 18.7. The summed E-state index contributed by atoms with van der Waals surface area (Å²) in [5.74, 6) is -0.825. The minimum Gasteiger partial charge on any atom is -0.481 e. The van der Waals surface area contributed by atoms with Crippen molar-refractivity contribution in [2.24, 2.45) is 0 Å². The van der Waals surface area contributed by atoms with Crippen molar-refractivity contribution < 1.29 is 15.0 Å². The van der Waals surface area contributed by atoms with Gasteiger partial charge in [-0.3, -0.25) is 4.79 Å². The van der Waals surface area contributed by atoms with Gasteiger partial charge < -0.3 is 10.2 Å². The Hall–Kier alpha value is -0.590. The molecular formula is C11H15NO3S2. The van der Waals surface area contributed by atoms with Crippen molar-refractivity contribution in [2.75, 3.05) is 0 Å². The average molecular weight is 273 g/mol. The first-order valence-electron chi connectivity index (χ1n) is 5.59. The molecule has 0 aliphatic heterocycles. The van der Waals surface area contributed by atoms with E-state index in [9.17, 15) is 9.90 Å². The van der Waals surface area contributed by atoms with Gasteiger partial charge in [0.1, 0.15) is 0 Å². The SMILES string of the molecule is Cc1nc(SC2CCCC2O)sc1CC(=O)O. The number of aryl methyl sites for hydroxylation is 1. The van der Waals surface area contributed by atoms with E-state index in [-0.39, 0.29) is 17.8 Å². The van der Waals surface area contributed by atoms with E-state index in [0.717, 1.165) is 34.2 Å². The van der Waals surface area contributed by atoms with Gasteiger partial charge in [0.2, 0.25) is 0 Å². The number of carboxylic acid groups (broad SMARTS) is 1. The van der Waals surface area contributed by atoms with E-state index in [1.165, 1.54) is 11.3 Å². The summed E-state index contributed by atoms with van der Waals surface area (Å²) in [7, 11) is 0. The highest BCUT2D eigenvalue weighted by molar-refractivity contribution is 8.01. The van der Waals surface area contributed by atoms with Crippen LogP contribution in [0.3, 0.4) is 0 Å². The predicted octanol–water partition coefficient (Wildman–Crippen LogP) is 2.08. The predicted molar refractivity (Wildman–Crippen MR) is 67.7 cm³/mol. The van der Waals surface area contributed by atoms with Gasteiger partial charge >= 0.3 is 5.97 Å². The second-order valence-electron chi connectivity index (χ2n) is 4.21. The summed E-state index contributed by atoms with van der Waals surface area (Å²) < 4.78 is 0.879. The standard InChI is InChI=1S/C11H15NO3S2/c1-6-9(5-10(14)15)17-11(12-6)16-8-4-2-3-7(8)13/h7-8,13H,2-5H2,1H3,(H,14,15). The van der Waals surface area contributed by atoms with Gasteiger partial charge in [0.25, 0.3) is 0 Å². The fourth-order valence-corrected chi connectivity index (χ4v) is 4.60. The van der Waals surface area contributed by atoms with Gasteiger partial charge in [-0.15, -0.1) is 11.3 Å². The molecule has 4 nitrogen and oxygen atoms in total. The molecule has 0 radical (unpaired) electrons. The van der Waals surface area contributed by atoms with E-state index in [4.69, 9.17) is 5.11 Å². The highest BCUT2D eigenvalue weighted by Gasteiger charge is 2.27. The van der Waals surface area contributed by atoms with Crippen LogP contribution in [0.15, 0.2) is 4.34 Å². The van der Waals surface area contributed by atoms with Crippen molar-refractivity contribution in [1.29, 1.82) is 0 Å². The third kappa shape index (κ3) is 3.20. The highest BCUT2D eigenvalue weighted by atomic mass is 32.2. The Morgan fingerprint density at radius 2 is 2.35 bits per heavy atom. The Kier molecular flexibility index (Phi) is 4.06. The number of rotatable bonds is 4. The molecule has 2 unspecified atom stereocenters. The number of carbonyl (C=O) groups is 1. The average Bonchev–Trinajstić information content (AvgIpc) is 2.76. The van der Waals surface area contributed by atoms with Crippen LogP contribution < -0.4 is 0 Å². The van der Waals surface area contributed by atoms with E-state index < -0.39 is 5.97 Å². The zero-order valence-corrected chi connectivity index (χ0v) is 11.2. The van der Waals surface area contributed by atoms with Crippen LogP contribution in [0, 0.1) is 6.92 Å². The van der Waals surface area contributed by atoms with Crippen LogP contribution in [-0.4, -0.2) is 32.5 Å². The molecule has 1 aromatic rings. The number of aromatic nitrogens is 1. The number of hydrogen-bond donors (Lipinski definition) is 2. The number of carboxylic acids is 1. The minimum atomic E-state index is -0.825. The second kappa shape index (κ2) is 5.37. The van der Waals surface area contributed by atoms with Crippen molar-refractivity contribution in [1.82, 2.24) is 4.98 Å². The molecule has 1 heterocycles. The number of thioether (sulfide) groups is 1. The number of nitrogens with zero attached hydrogens (tertiary/aromatic N) is 1. The van der Waals surface area contributed by atoms with Crippen molar-refractivity contribution in [2.45, 2.75) is 48.3 Å². The Morgan fingerprint density at radius 1 is 1.59 bits per heavy atom. The van der Waals surface area contributed by atoms with Crippen LogP contribution in [0.4, 0.5) is 0 Å². The molecule has 6 heteroatoms. The molecule has 0 aromatic carbocycles. The van der Waals surface area contributed by atoms with E-state index in [0.29, 0.717) is 0 Å². The van der Waals surface area contributed by atoms with E-state index >= 15 is 0 Å². The molecule has 0 spiro atoms. The van der Waals surface area contributed by atoms with Gasteiger partial charge in [-0.05, 0) is 26.2 Å². The third-order valence-electron chi connectivity index (χ3n) is 2.85. The van der Waals surface area contributed by atoms with Gasteiger partial charge in [-0.2, -0.15) is 0 Å². The molecule has 0 amide bonds. The molecule has 94 valence electrons. The molecule has 1 fully saturated rings. The summed E-state index contributed by atoms with van der Waals surface area (Å²) in [6.07, 6.45) is 2.73. The normalized spacial score (nSPS) is 24.1. The lowest BCUT2D eigenvalue weighted by atomic mass is 10.3. The molecule has 1 aromatic heterocycles. The molecule has 1 aliphatic carbocycles. The van der Waals surface area contributed by atoms with Gasteiger partial charge in [-0.1, -0.05) is 11.8 Å². The Bertz CT molecular complexity index is 419. The maximum Gasteiger partial charge on any atom is 0.308 e. The lowest BCUT2D eigenvalue weighted by molar-refractivity contribution is -0.136. The number of hydrogen-bond acceptors (Lipinski definition) is 5. The first-order valence-corrected chi connectivity index (χ1v) is 7.28. The first kappa shape index (κ1) is 12.9. The molecule has 1 aliphatic rings. The monoisotopic (exact) mass is 273 g/mol. The Labute approximate surface area is 108 Å². The fraction of sp³-hybridized carbons (Fsp3) is 0.636. The summed E-state index contributed by atoms with van der Waals surface area (Å²) in [4.78, 5) is 15.8. The zero-order valence-electron chi connectivity index (χ0n) is 9.55. The van der Waals surface area contributed by atoms with Gasteiger partial charge in [0.05, 0.1) is 18.2 Å². The highest BCUT2D eigenvalue weighted by Crippen LogP contribution is 2.37. The number of aliphatic carboxylic acids is 1. The van der Waals surface area contributed by atoms with Crippen LogP contribution in [0.25, 0.3) is 0 Å². The van der Waals surface area contributed by atoms with E-state index in [2.05, 4.69) is 4.98 Å². The zero-order chi connectivity index (χ0) is 12.4. The molecule has 2 rings (SSSR count). The van der Waals surface area contributed by atoms with Crippen molar-refractivity contribution in [3.8, 4) is 0 Å². The van der Waals surface area contributed by atoms with Crippen molar-refractivity contribution >= 4 is 29.1 Å². The van der Waals surface area contributed by atoms with E-state index in [1.807, 2.05) is 6.92 Å². The van der Waals surface area contributed by atoms with Crippen LogP contribution in [0.1, 0.15) is 29.8 Å². The summed E-state index contributed by atoms with van der Waals surface area (Å²) in [6, 6.07) is 0. The quantitative estimate of drug-likeness (QED) is 0.879. The molecule has 2 N–H and O–H groups in total. The summed E-state index contributed by atoms with van der Waals surface area (Å²) in [5.41, 5.74) is 0.799. The molecule has 1 saturated carbocycles. The van der Waals surface area contributed by atoms with Crippen molar-refractivity contribution in [3.63, 3.8) is 0 Å². The van der Waals surface area contributed by atoms with Crippen LogP contribution in [-0.2, 0) is 11.2 Å². The fourth-order valence-electron chi connectivity index (χ4n) is 1.93. The molecule has 2 atom stereocenters. The Balaban J connectivity index is 2.04. The molecule has 0 saturated heterocycles. The van der Waals surface area contributed by atoms with Gasteiger partial charge in [-0.25, -0.2) is 4.98 Å². The summed E-state index contributed by atoms with van der Waals surface area (Å²) >= 11 is 3.02. The minimum absolute atomic E-state index is 0.0390. The summed E-state index contributed by atoms with van der Waals surface area (Å²) in [6.45, 7) is 1.84. The topological polar surface area (TPSA) is 70.4 Å². The van der Waals surface area contributed by atoms with Crippen molar-refractivity contribution in [3.05, 3.63) is 10.6 Å².